The number of nitrogens with one attached hydrogen (secondary N) is 1. The Kier molecular flexibility index (Phi) is 3.62. The number of carbonyl (C=O) groups is 2. The van der Waals surface area contributed by atoms with Crippen LogP contribution >= 0.6 is 0 Å². The largest absolute Gasteiger partial charge is 0.480 e. The van der Waals surface area contributed by atoms with Crippen molar-refractivity contribution >= 4 is 11.9 Å². The molecule has 0 bridgehead atoms. The summed E-state index contributed by atoms with van der Waals surface area (Å²) in [6.45, 7) is 1.53. The predicted octanol–water partition coefficient (Wildman–Crippen LogP) is 0.489. The van der Waals surface area contributed by atoms with Gasteiger partial charge in [0.15, 0.2) is 0 Å². The molecule has 0 radical (unpaired) electrons. The quantitative estimate of drug-likeness (QED) is 0.816. The van der Waals surface area contributed by atoms with Crippen LogP contribution in [-0.2, 0) is 17.8 Å². The number of likely N-dealkylation sites (N-methyl/N-ethyl adjacent to an activating group) is 1. The van der Waals surface area contributed by atoms with Crippen LogP contribution in [0.25, 0.3) is 0 Å². The fourth-order valence-electron chi connectivity index (χ4n) is 2.09. The summed E-state index contributed by atoms with van der Waals surface area (Å²) in [6, 6.07) is 5.55. The van der Waals surface area contributed by atoms with Crippen molar-refractivity contribution in [3.8, 4) is 0 Å². The number of carbonyl (C=O) groups excluding carboxylic acids is 1. The van der Waals surface area contributed by atoms with Crippen LogP contribution in [0.15, 0.2) is 18.2 Å². The molecule has 1 aliphatic rings. The summed E-state index contributed by atoms with van der Waals surface area (Å²) in [5.74, 6) is -1.37. The Morgan fingerprint density at radius 3 is 2.89 bits per heavy atom. The van der Waals surface area contributed by atoms with Gasteiger partial charge in [-0.25, -0.2) is 0 Å². The molecule has 0 spiro atoms. The summed E-state index contributed by atoms with van der Waals surface area (Å²) >= 11 is 0. The van der Waals surface area contributed by atoms with E-state index in [-0.39, 0.29) is 12.5 Å². The van der Waals surface area contributed by atoms with Crippen molar-refractivity contribution in [3.63, 3.8) is 0 Å². The lowest BCUT2D eigenvalue weighted by molar-refractivity contribution is -0.135. The van der Waals surface area contributed by atoms with E-state index in [0.29, 0.717) is 5.56 Å². The van der Waals surface area contributed by atoms with Crippen molar-refractivity contribution < 1.29 is 14.7 Å². The van der Waals surface area contributed by atoms with Crippen LogP contribution in [0.5, 0.6) is 0 Å². The molecule has 1 aromatic carbocycles. The smallest absolute Gasteiger partial charge is 0.322 e. The molecule has 1 heterocycles. The van der Waals surface area contributed by atoms with Gasteiger partial charge in [-0.15, -0.1) is 0 Å². The van der Waals surface area contributed by atoms with E-state index in [4.69, 9.17) is 5.11 Å². The third-order valence-corrected chi connectivity index (χ3v) is 3.07. The van der Waals surface area contributed by atoms with E-state index in [2.05, 4.69) is 17.3 Å². The van der Waals surface area contributed by atoms with E-state index in [9.17, 15) is 9.59 Å². The molecule has 0 unspecified atom stereocenters. The normalized spacial score (nSPS) is 14.9. The maximum atomic E-state index is 11.7. The number of rotatable bonds is 3. The van der Waals surface area contributed by atoms with Crippen LogP contribution in [0.1, 0.15) is 21.5 Å². The monoisotopic (exact) mass is 248 g/mol. The second-order valence-corrected chi connectivity index (χ2v) is 4.55. The van der Waals surface area contributed by atoms with Crippen LogP contribution in [-0.4, -0.2) is 42.0 Å². The van der Waals surface area contributed by atoms with Gasteiger partial charge in [0, 0.05) is 18.7 Å². The minimum atomic E-state index is -1.04. The first-order chi connectivity index (χ1) is 8.56. The zero-order valence-corrected chi connectivity index (χ0v) is 10.3. The summed E-state index contributed by atoms with van der Waals surface area (Å²) in [5, 5.41) is 10.9. The van der Waals surface area contributed by atoms with Crippen molar-refractivity contribution in [2.75, 3.05) is 20.1 Å². The Bertz CT molecular complexity index is 485. The average Bonchev–Trinajstić information content (AvgIpc) is 2.35. The lowest BCUT2D eigenvalue weighted by Gasteiger charge is -2.25. The average molecular weight is 248 g/mol. The van der Waals surface area contributed by atoms with Gasteiger partial charge < -0.3 is 15.3 Å². The molecule has 0 aromatic heterocycles. The molecular formula is C13H16N2O3. The van der Waals surface area contributed by atoms with Gasteiger partial charge in [-0.1, -0.05) is 6.07 Å². The van der Waals surface area contributed by atoms with Crippen molar-refractivity contribution in [2.24, 2.45) is 0 Å². The molecule has 0 atom stereocenters. The Hall–Kier alpha value is -1.88. The minimum absolute atomic E-state index is 0.334. The number of amides is 1. The van der Waals surface area contributed by atoms with Crippen molar-refractivity contribution in [2.45, 2.75) is 13.0 Å². The first kappa shape index (κ1) is 12.6. The molecule has 0 fully saturated rings. The van der Waals surface area contributed by atoms with E-state index in [0.717, 1.165) is 19.5 Å². The topological polar surface area (TPSA) is 69.6 Å². The highest BCUT2D eigenvalue weighted by atomic mass is 16.4. The first-order valence-corrected chi connectivity index (χ1v) is 5.86. The van der Waals surface area contributed by atoms with Gasteiger partial charge in [0.25, 0.3) is 5.91 Å². The second kappa shape index (κ2) is 5.18. The number of carboxylic acid groups (broad SMARTS) is 1. The van der Waals surface area contributed by atoms with Crippen LogP contribution in [0.4, 0.5) is 0 Å². The Morgan fingerprint density at radius 1 is 1.39 bits per heavy atom. The fraction of sp³-hybridized carbons (Fsp3) is 0.385. The van der Waals surface area contributed by atoms with Gasteiger partial charge in [-0.05, 0) is 36.7 Å². The zero-order chi connectivity index (χ0) is 13.1. The van der Waals surface area contributed by atoms with Crippen molar-refractivity contribution in [1.82, 2.24) is 10.2 Å². The number of benzene rings is 1. The van der Waals surface area contributed by atoms with Crippen LogP contribution in [0.3, 0.4) is 0 Å². The highest BCUT2D eigenvalue weighted by Crippen LogP contribution is 2.19. The van der Waals surface area contributed by atoms with E-state index >= 15 is 0 Å². The van der Waals surface area contributed by atoms with Gasteiger partial charge in [-0.3, -0.25) is 9.59 Å². The fourth-order valence-corrected chi connectivity index (χ4v) is 2.09. The SMILES string of the molecule is CN1CCc2cc(C(=O)NCC(=O)O)ccc2C1. The molecule has 2 N–H and O–H groups in total. The molecule has 0 aliphatic carbocycles. The van der Waals surface area contributed by atoms with Crippen LogP contribution in [0.2, 0.25) is 0 Å². The van der Waals surface area contributed by atoms with Crippen LogP contribution in [0, 0.1) is 0 Å². The lowest BCUT2D eigenvalue weighted by Crippen LogP contribution is -2.30. The number of fused-ring (bicyclic) bond motifs is 1. The molecule has 1 amide bonds. The molecule has 5 nitrogen and oxygen atoms in total. The molecule has 18 heavy (non-hydrogen) atoms. The highest BCUT2D eigenvalue weighted by Gasteiger charge is 2.15. The zero-order valence-electron chi connectivity index (χ0n) is 10.3. The number of aliphatic carboxylic acids is 1. The lowest BCUT2D eigenvalue weighted by atomic mass is 9.97. The Morgan fingerprint density at radius 2 is 2.17 bits per heavy atom. The van der Waals surface area contributed by atoms with Gasteiger partial charge in [-0.2, -0.15) is 0 Å². The van der Waals surface area contributed by atoms with Gasteiger partial charge in [0.1, 0.15) is 6.54 Å². The number of nitrogens with zero attached hydrogens (tertiary/aromatic N) is 1. The number of hydrogen-bond acceptors (Lipinski definition) is 3. The molecule has 0 saturated carbocycles. The molecule has 96 valence electrons. The molecule has 5 heteroatoms. The summed E-state index contributed by atoms with van der Waals surface area (Å²) < 4.78 is 0. The molecule has 2 rings (SSSR count). The first-order valence-electron chi connectivity index (χ1n) is 5.86. The Balaban J connectivity index is 2.11. The summed E-state index contributed by atoms with van der Waals surface area (Å²) in [4.78, 5) is 24.3. The van der Waals surface area contributed by atoms with E-state index in [1.165, 1.54) is 11.1 Å². The standard InChI is InChI=1S/C13H16N2O3/c1-15-5-4-9-6-10(2-3-11(9)8-15)13(18)14-7-12(16)17/h2-3,6H,4-5,7-8H2,1H3,(H,14,18)(H,16,17). The maximum absolute atomic E-state index is 11.7. The number of carboxylic acids is 1. The highest BCUT2D eigenvalue weighted by molar-refractivity contribution is 5.96. The van der Waals surface area contributed by atoms with Gasteiger partial charge in [0.2, 0.25) is 0 Å². The third kappa shape index (κ3) is 2.87. The summed E-state index contributed by atoms with van der Waals surface area (Å²) in [6.07, 6.45) is 0.923. The molecule has 1 aromatic rings. The maximum Gasteiger partial charge on any atom is 0.322 e. The Labute approximate surface area is 105 Å². The summed E-state index contributed by atoms with van der Waals surface area (Å²) in [5.41, 5.74) is 2.94. The summed E-state index contributed by atoms with van der Waals surface area (Å²) in [7, 11) is 2.07. The van der Waals surface area contributed by atoms with Gasteiger partial charge in [0.05, 0.1) is 0 Å². The van der Waals surface area contributed by atoms with Crippen molar-refractivity contribution in [1.29, 1.82) is 0 Å². The minimum Gasteiger partial charge on any atom is -0.480 e. The number of hydrogen-bond donors (Lipinski definition) is 2. The van der Waals surface area contributed by atoms with E-state index < -0.39 is 5.97 Å². The van der Waals surface area contributed by atoms with Crippen LogP contribution < -0.4 is 5.32 Å². The second-order valence-electron chi connectivity index (χ2n) is 4.55. The van der Waals surface area contributed by atoms with Gasteiger partial charge >= 0.3 is 5.97 Å². The van der Waals surface area contributed by atoms with E-state index in [1.807, 2.05) is 12.1 Å². The van der Waals surface area contributed by atoms with Crippen molar-refractivity contribution in [3.05, 3.63) is 34.9 Å². The van der Waals surface area contributed by atoms with E-state index in [1.54, 1.807) is 6.07 Å². The third-order valence-electron chi connectivity index (χ3n) is 3.07. The molecular weight excluding hydrogens is 232 g/mol. The predicted molar refractivity (Wildman–Crippen MR) is 66.4 cm³/mol. The molecule has 0 saturated heterocycles. The molecule has 1 aliphatic heterocycles.